The van der Waals surface area contributed by atoms with Gasteiger partial charge in [0.2, 0.25) is 10.0 Å². The monoisotopic (exact) mass is 436 g/mol. The van der Waals surface area contributed by atoms with E-state index >= 15 is 0 Å². The van der Waals surface area contributed by atoms with Gasteiger partial charge in [-0.2, -0.15) is 4.31 Å². The van der Waals surface area contributed by atoms with Gasteiger partial charge in [-0.15, -0.1) is 0 Å². The molecule has 0 atom stereocenters. The number of ether oxygens (including phenoxy) is 1. The Bertz CT molecular complexity index is 872. The average molecular weight is 437 g/mol. The fourth-order valence-electron chi connectivity index (χ4n) is 4.23. The number of esters is 1. The molecule has 8 heteroatoms. The summed E-state index contributed by atoms with van der Waals surface area (Å²) in [4.78, 5) is 26.7. The fraction of sp³-hybridized carbons (Fsp3) is 0.636. The summed E-state index contributed by atoms with van der Waals surface area (Å²) in [5.41, 5.74) is 0.731. The van der Waals surface area contributed by atoms with Gasteiger partial charge >= 0.3 is 5.97 Å². The number of sulfonamides is 1. The molecule has 1 heterocycles. The Kier molecular flexibility index (Phi) is 7.52. The van der Waals surface area contributed by atoms with Crippen molar-refractivity contribution in [2.24, 2.45) is 0 Å². The summed E-state index contributed by atoms with van der Waals surface area (Å²) < 4.78 is 32.8. The number of piperidine rings is 1. The highest BCUT2D eigenvalue weighted by molar-refractivity contribution is 7.89. The summed E-state index contributed by atoms with van der Waals surface area (Å²) in [5.74, 6) is -0.918. The summed E-state index contributed by atoms with van der Waals surface area (Å²) in [6, 6.07) is 4.73. The van der Waals surface area contributed by atoms with Gasteiger partial charge in [0, 0.05) is 26.2 Å². The number of amides is 1. The fourth-order valence-corrected chi connectivity index (χ4v) is 6.00. The lowest BCUT2D eigenvalue weighted by molar-refractivity contribution is -0.135. The Labute approximate surface area is 179 Å². The lowest BCUT2D eigenvalue weighted by Crippen LogP contribution is -2.40. The molecule has 0 spiro atoms. The molecule has 3 rings (SSSR count). The van der Waals surface area contributed by atoms with Gasteiger partial charge in [0.15, 0.2) is 6.61 Å². The van der Waals surface area contributed by atoms with Gasteiger partial charge in [-0.25, -0.2) is 13.2 Å². The summed E-state index contributed by atoms with van der Waals surface area (Å²) in [5, 5.41) is 0. The maximum absolute atomic E-state index is 13.0. The standard InChI is InChI=1S/C22H32N2O5S/c1-17-11-12-18(15-20(17)30(27,28)24-13-7-4-8-14-24)22(26)29-16-21(25)23(2)19-9-5-3-6-10-19/h11-12,15,19H,3-10,13-14,16H2,1-2H3. The zero-order valence-electron chi connectivity index (χ0n) is 17.9. The van der Waals surface area contributed by atoms with Gasteiger partial charge < -0.3 is 9.64 Å². The predicted octanol–water partition coefficient (Wildman–Crippen LogP) is 3.12. The minimum Gasteiger partial charge on any atom is -0.452 e. The Morgan fingerprint density at radius 2 is 1.70 bits per heavy atom. The van der Waals surface area contributed by atoms with Crippen molar-refractivity contribution in [1.29, 1.82) is 0 Å². The van der Waals surface area contributed by atoms with Crippen molar-refractivity contribution in [3.05, 3.63) is 29.3 Å². The number of hydrogen-bond donors (Lipinski definition) is 0. The van der Waals surface area contributed by atoms with Crippen molar-refractivity contribution in [2.75, 3.05) is 26.7 Å². The van der Waals surface area contributed by atoms with E-state index in [0.717, 1.165) is 44.9 Å². The van der Waals surface area contributed by atoms with E-state index in [1.165, 1.54) is 16.8 Å². The van der Waals surface area contributed by atoms with E-state index < -0.39 is 16.0 Å². The first-order valence-electron chi connectivity index (χ1n) is 10.8. The Morgan fingerprint density at radius 3 is 2.37 bits per heavy atom. The molecule has 1 amide bonds. The molecule has 0 aromatic heterocycles. The summed E-state index contributed by atoms with van der Waals surface area (Å²) >= 11 is 0. The molecule has 30 heavy (non-hydrogen) atoms. The van der Waals surface area contributed by atoms with Gasteiger partial charge in [0.05, 0.1) is 10.5 Å². The summed E-state index contributed by atoms with van der Waals surface area (Å²) in [7, 11) is -1.91. The number of aryl methyl sites for hydroxylation is 1. The Balaban J connectivity index is 1.66. The van der Waals surface area contributed by atoms with E-state index in [0.29, 0.717) is 18.7 Å². The van der Waals surface area contributed by atoms with Crippen LogP contribution in [-0.2, 0) is 19.6 Å². The van der Waals surface area contributed by atoms with E-state index in [1.54, 1.807) is 31.0 Å². The van der Waals surface area contributed by atoms with Crippen LogP contribution in [0.3, 0.4) is 0 Å². The normalized spacial score (nSPS) is 18.7. The van der Waals surface area contributed by atoms with Gasteiger partial charge in [-0.1, -0.05) is 31.7 Å². The van der Waals surface area contributed by atoms with Crippen molar-refractivity contribution < 1.29 is 22.7 Å². The smallest absolute Gasteiger partial charge is 0.338 e. The summed E-state index contributed by atoms with van der Waals surface area (Å²) in [6.45, 7) is 2.37. The predicted molar refractivity (Wildman–Crippen MR) is 114 cm³/mol. The molecule has 2 fully saturated rings. The Morgan fingerprint density at radius 1 is 1.07 bits per heavy atom. The number of rotatable bonds is 6. The zero-order valence-corrected chi connectivity index (χ0v) is 18.7. The number of benzene rings is 1. The van der Waals surface area contributed by atoms with Crippen molar-refractivity contribution in [3.63, 3.8) is 0 Å². The van der Waals surface area contributed by atoms with E-state index in [9.17, 15) is 18.0 Å². The molecule has 1 aliphatic heterocycles. The molecule has 166 valence electrons. The van der Waals surface area contributed by atoms with Gasteiger partial charge in [0.25, 0.3) is 5.91 Å². The molecule has 0 N–H and O–H groups in total. The quantitative estimate of drug-likeness (QED) is 0.640. The lowest BCUT2D eigenvalue weighted by atomic mass is 9.94. The highest BCUT2D eigenvalue weighted by atomic mass is 32.2. The minimum atomic E-state index is -3.66. The summed E-state index contributed by atoms with van der Waals surface area (Å²) in [6.07, 6.45) is 8.09. The number of carbonyl (C=O) groups excluding carboxylic acids is 2. The first-order chi connectivity index (χ1) is 14.3. The van der Waals surface area contributed by atoms with Crippen LogP contribution < -0.4 is 0 Å². The number of likely N-dealkylation sites (N-methyl/N-ethyl adjacent to an activating group) is 1. The average Bonchev–Trinajstić information content (AvgIpc) is 2.78. The molecule has 0 radical (unpaired) electrons. The maximum atomic E-state index is 13.0. The first kappa shape index (κ1) is 22.7. The Hall–Kier alpha value is -1.93. The van der Waals surface area contributed by atoms with Crippen LogP contribution in [0.15, 0.2) is 23.1 Å². The van der Waals surface area contributed by atoms with Crippen molar-refractivity contribution in [3.8, 4) is 0 Å². The molecule has 1 aromatic carbocycles. The van der Waals surface area contributed by atoms with Crippen LogP contribution in [0.5, 0.6) is 0 Å². The van der Waals surface area contributed by atoms with Crippen LogP contribution in [0.2, 0.25) is 0 Å². The number of hydrogen-bond acceptors (Lipinski definition) is 5. The van der Waals surface area contributed by atoms with Crippen molar-refractivity contribution >= 4 is 21.9 Å². The van der Waals surface area contributed by atoms with Crippen LogP contribution >= 0.6 is 0 Å². The molecule has 0 bridgehead atoms. The molecular formula is C22H32N2O5S. The molecule has 1 saturated heterocycles. The molecule has 1 saturated carbocycles. The van der Waals surface area contributed by atoms with Crippen LogP contribution in [0, 0.1) is 6.92 Å². The number of carbonyl (C=O) groups is 2. The highest BCUT2D eigenvalue weighted by Gasteiger charge is 2.28. The molecule has 7 nitrogen and oxygen atoms in total. The second-order valence-electron chi connectivity index (χ2n) is 8.32. The van der Waals surface area contributed by atoms with Gasteiger partial charge in [-0.3, -0.25) is 4.79 Å². The zero-order chi connectivity index (χ0) is 21.7. The van der Waals surface area contributed by atoms with E-state index in [2.05, 4.69) is 0 Å². The van der Waals surface area contributed by atoms with E-state index in [4.69, 9.17) is 4.74 Å². The van der Waals surface area contributed by atoms with Crippen LogP contribution in [-0.4, -0.2) is 62.3 Å². The van der Waals surface area contributed by atoms with Crippen LogP contribution in [0.1, 0.15) is 67.3 Å². The lowest BCUT2D eigenvalue weighted by Gasteiger charge is -2.31. The van der Waals surface area contributed by atoms with E-state index in [-0.39, 0.29) is 29.0 Å². The first-order valence-corrected chi connectivity index (χ1v) is 12.3. The van der Waals surface area contributed by atoms with Crippen molar-refractivity contribution in [2.45, 2.75) is 69.2 Å². The SMILES string of the molecule is Cc1ccc(C(=O)OCC(=O)N(C)C2CCCCC2)cc1S(=O)(=O)N1CCCCC1. The van der Waals surface area contributed by atoms with Crippen LogP contribution in [0.25, 0.3) is 0 Å². The molecule has 2 aliphatic rings. The topological polar surface area (TPSA) is 84.0 Å². The largest absolute Gasteiger partial charge is 0.452 e. The number of nitrogens with zero attached hydrogens (tertiary/aromatic N) is 2. The third-order valence-corrected chi connectivity index (χ3v) is 8.24. The second-order valence-corrected chi connectivity index (χ2v) is 10.2. The maximum Gasteiger partial charge on any atom is 0.338 e. The second kappa shape index (κ2) is 9.92. The van der Waals surface area contributed by atoms with E-state index in [1.807, 2.05) is 0 Å². The highest BCUT2D eigenvalue weighted by Crippen LogP contribution is 2.25. The van der Waals surface area contributed by atoms with Gasteiger partial charge in [0.1, 0.15) is 0 Å². The van der Waals surface area contributed by atoms with Crippen molar-refractivity contribution in [1.82, 2.24) is 9.21 Å². The molecule has 1 aliphatic carbocycles. The third-order valence-electron chi connectivity index (χ3n) is 6.20. The molecule has 1 aromatic rings. The third kappa shape index (κ3) is 5.21. The molecule has 0 unspecified atom stereocenters. The molecular weight excluding hydrogens is 404 g/mol. The minimum absolute atomic E-state index is 0.129. The van der Waals surface area contributed by atoms with Crippen LogP contribution in [0.4, 0.5) is 0 Å². The van der Waals surface area contributed by atoms with Gasteiger partial charge in [-0.05, 0) is 50.3 Å².